The van der Waals surface area contributed by atoms with Crippen LogP contribution in [0, 0.1) is 0 Å². The van der Waals surface area contributed by atoms with E-state index in [1.54, 1.807) is 6.20 Å². The number of benzene rings is 2. The van der Waals surface area contributed by atoms with Crippen LogP contribution in [0.1, 0.15) is 42.2 Å². The van der Waals surface area contributed by atoms with Gasteiger partial charge in [-0.25, -0.2) is 0 Å². The molecule has 0 aliphatic carbocycles. The summed E-state index contributed by atoms with van der Waals surface area (Å²) in [4.78, 5) is 28.0. The average Bonchev–Trinajstić information content (AvgIpc) is 3.14. The number of carboxylic acids is 1. The molecule has 0 bridgehead atoms. The van der Waals surface area contributed by atoms with Crippen molar-refractivity contribution in [3.8, 4) is 0 Å². The summed E-state index contributed by atoms with van der Waals surface area (Å²) in [6.07, 6.45) is 3.27. The number of nitrogens with zero attached hydrogens (tertiary/aromatic N) is 2. The van der Waals surface area contributed by atoms with Gasteiger partial charge < -0.3 is 20.6 Å². The van der Waals surface area contributed by atoms with Crippen LogP contribution in [-0.2, 0) is 22.6 Å². The zero-order valence-corrected chi connectivity index (χ0v) is 18.3. The summed E-state index contributed by atoms with van der Waals surface area (Å²) in [6.45, 7) is 0.663. The third-order valence-corrected chi connectivity index (χ3v) is 5.74. The molecule has 1 aromatic heterocycles. The van der Waals surface area contributed by atoms with Crippen molar-refractivity contribution in [3.05, 3.63) is 77.6 Å². The van der Waals surface area contributed by atoms with Gasteiger partial charge in [-0.05, 0) is 29.0 Å². The number of amides is 1. The van der Waals surface area contributed by atoms with Crippen molar-refractivity contribution in [3.63, 3.8) is 0 Å². The van der Waals surface area contributed by atoms with Gasteiger partial charge in [0.25, 0.3) is 0 Å². The van der Waals surface area contributed by atoms with Gasteiger partial charge in [-0.1, -0.05) is 48.5 Å². The summed E-state index contributed by atoms with van der Waals surface area (Å²) >= 11 is 0. The second kappa shape index (κ2) is 11.0. The van der Waals surface area contributed by atoms with Gasteiger partial charge in [0, 0.05) is 36.7 Å². The third-order valence-electron chi connectivity index (χ3n) is 5.74. The number of aliphatic hydroxyl groups excluding tert-OH is 1. The van der Waals surface area contributed by atoms with E-state index in [1.165, 1.54) is 0 Å². The standard InChI is InChI=1S/C12H13NO2.C12H11NO2.ClH.H2O/c14-11-6-5-10-12(15)9-4-2-1-3-8(9)7-13(10)11;14-12(15)6-5-11-7-9-3-1-2-4-10(9)8-13-11;;/h1-4,10,12,15H,5-7H2;1-4,7-8H,5-6H2,(H,14,15);1H;1H2. The van der Waals surface area contributed by atoms with Crippen molar-refractivity contribution in [1.29, 1.82) is 0 Å². The summed E-state index contributed by atoms with van der Waals surface area (Å²) in [5, 5.41) is 20.9. The molecule has 0 spiro atoms. The monoisotopic (exact) mass is 458 g/mol. The van der Waals surface area contributed by atoms with Crippen LogP contribution in [0.4, 0.5) is 0 Å². The zero-order chi connectivity index (χ0) is 21.1. The lowest BCUT2D eigenvalue weighted by molar-refractivity contribution is -0.137. The van der Waals surface area contributed by atoms with Crippen LogP contribution in [0.3, 0.4) is 0 Å². The number of rotatable bonds is 3. The Balaban J connectivity index is 0.000000214. The van der Waals surface area contributed by atoms with Crippen molar-refractivity contribution in [2.45, 2.75) is 44.4 Å². The molecule has 170 valence electrons. The molecule has 2 unspecified atom stereocenters. The minimum atomic E-state index is -0.787. The molecule has 7 nitrogen and oxygen atoms in total. The highest BCUT2D eigenvalue weighted by Crippen LogP contribution is 2.37. The maximum Gasteiger partial charge on any atom is 0.303 e. The first kappa shape index (κ1) is 25.3. The minimum absolute atomic E-state index is 0. The van der Waals surface area contributed by atoms with Crippen LogP contribution in [0.25, 0.3) is 10.8 Å². The minimum Gasteiger partial charge on any atom is -0.481 e. The maximum atomic E-state index is 11.6. The van der Waals surface area contributed by atoms with E-state index in [1.807, 2.05) is 59.5 Å². The number of aliphatic carboxylic acids is 1. The molecule has 2 atom stereocenters. The Morgan fingerprint density at radius 2 is 1.78 bits per heavy atom. The van der Waals surface area contributed by atoms with Crippen molar-refractivity contribution in [2.75, 3.05) is 0 Å². The Morgan fingerprint density at radius 3 is 2.53 bits per heavy atom. The number of carboxylic acid groups (broad SMARTS) is 1. The number of aliphatic hydroxyl groups is 1. The molecule has 4 N–H and O–H groups in total. The SMILES string of the molecule is Cl.O.O=C(O)CCc1cc2ccccc2cn1.O=C1CCC2C(O)c3ccccc3CN12. The fraction of sp³-hybridized carbons (Fsp3) is 0.292. The average molecular weight is 459 g/mol. The molecule has 2 aliphatic heterocycles. The van der Waals surface area contributed by atoms with Crippen LogP contribution in [-0.4, -0.2) is 43.5 Å². The van der Waals surface area contributed by atoms with Gasteiger partial charge in [-0.2, -0.15) is 0 Å². The molecule has 2 aromatic carbocycles. The Labute approximate surface area is 192 Å². The normalized spacial score (nSPS) is 18.4. The molecule has 2 aliphatic rings. The number of carbonyl (C=O) groups is 2. The molecule has 32 heavy (non-hydrogen) atoms. The number of pyridine rings is 1. The number of fused-ring (bicyclic) bond motifs is 3. The van der Waals surface area contributed by atoms with E-state index >= 15 is 0 Å². The number of aromatic nitrogens is 1. The summed E-state index contributed by atoms with van der Waals surface area (Å²) in [6, 6.07) is 17.7. The highest BCUT2D eigenvalue weighted by Gasteiger charge is 2.40. The van der Waals surface area contributed by atoms with Gasteiger partial charge in [-0.3, -0.25) is 14.6 Å². The first-order chi connectivity index (χ1) is 14.5. The number of halogens is 1. The van der Waals surface area contributed by atoms with Gasteiger partial charge >= 0.3 is 5.97 Å². The molecule has 5 rings (SSSR count). The topological polar surface area (TPSA) is 122 Å². The first-order valence-electron chi connectivity index (χ1n) is 10.1. The summed E-state index contributed by atoms with van der Waals surface area (Å²) in [5.41, 5.74) is 2.90. The fourth-order valence-electron chi connectivity index (χ4n) is 4.15. The number of hydrogen-bond donors (Lipinski definition) is 2. The summed E-state index contributed by atoms with van der Waals surface area (Å²) < 4.78 is 0. The second-order valence-electron chi connectivity index (χ2n) is 7.69. The van der Waals surface area contributed by atoms with E-state index < -0.39 is 12.1 Å². The molecule has 1 fully saturated rings. The molecule has 0 saturated carbocycles. The van der Waals surface area contributed by atoms with Gasteiger partial charge in [0.2, 0.25) is 5.91 Å². The largest absolute Gasteiger partial charge is 0.481 e. The lowest BCUT2D eigenvalue weighted by Gasteiger charge is -2.35. The van der Waals surface area contributed by atoms with Gasteiger partial charge in [0.15, 0.2) is 0 Å². The van der Waals surface area contributed by atoms with Crippen molar-refractivity contribution in [1.82, 2.24) is 9.88 Å². The molecule has 1 saturated heterocycles. The molecule has 1 amide bonds. The van der Waals surface area contributed by atoms with Crippen LogP contribution < -0.4 is 0 Å². The lowest BCUT2D eigenvalue weighted by Crippen LogP contribution is -2.40. The van der Waals surface area contributed by atoms with E-state index in [0.717, 1.165) is 34.0 Å². The Morgan fingerprint density at radius 1 is 1.09 bits per heavy atom. The van der Waals surface area contributed by atoms with Gasteiger partial charge in [0.05, 0.1) is 18.6 Å². The number of aryl methyl sites for hydroxylation is 1. The zero-order valence-electron chi connectivity index (χ0n) is 17.5. The van der Waals surface area contributed by atoms with E-state index in [4.69, 9.17) is 5.11 Å². The van der Waals surface area contributed by atoms with Crippen LogP contribution in [0.5, 0.6) is 0 Å². The molecular formula is C24H27ClN2O5. The van der Waals surface area contributed by atoms with Crippen LogP contribution >= 0.6 is 12.4 Å². The Hall–Kier alpha value is -3.00. The highest BCUT2D eigenvalue weighted by molar-refractivity contribution is 5.85. The predicted octanol–water partition coefficient (Wildman–Crippen LogP) is 3.07. The molecule has 0 radical (unpaired) electrons. The van der Waals surface area contributed by atoms with E-state index in [9.17, 15) is 14.7 Å². The third kappa shape index (κ3) is 5.43. The molecule has 3 aromatic rings. The molecule has 3 heterocycles. The van der Waals surface area contributed by atoms with Crippen molar-refractivity contribution < 1.29 is 25.3 Å². The Kier molecular flexibility index (Phi) is 8.72. The van der Waals surface area contributed by atoms with Crippen LogP contribution in [0.2, 0.25) is 0 Å². The molecule has 8 heteroatoms. The van der Waals surface area contributed by atoms with E-state index in [2.05, 4.69) is 4.98 Å². The van der Waals surface area contributed by atoms with Crippen LogP contribution in [0.15, 0.2) is 60.8 Å². The van der Waals surface area contributed by atoms with Gasteiger partial charge in [0.1, 0.15) is 0 Å². The van der Waals surface area contributed by atoms with Crippen molar-refractivity contribution in [2.24, 2.45) is 0 Å². The predicted molar refractivity (Wildman–Crippen MR) is 124 cm³/mol. The summed E-state index contributed by atoms with van der Waals surface area (Å²) in [5.74, 6) is -0.612. The van der Waals surface area contributed by atoms with Crippen molar-refractivity contribution >= 4 is 35.1 Å². The van der Waals surface area contributed by atoms with E-state index in [-0.39, 0.29) is 36.3 Å². The first-order valence-corrected chi connectivity index (χ1v) is 10.1. The highest BCUT2D eigenvalue weighted by atomic mass is 35.5. The number of hydrogen-bond acceptors (Lipinski definition) is 4. The summed E-state index contributed by atoms with van der Waals surface area (Å²) in [7, 11) is 0. The Bertz CT molecular complexity index is 1090. The maximum absolute atomic E-state index is 11.6. The fourth-order valence-corrected chi connectivity index (χ4v) is 4.15. The lowest BCUT2D eigenvalue weighted by atomic mass is 9.92. The quantitative estimate of drug-likeness (QED) is 0.624. The molecular weight excluding hydrogens is 432 g/mol. The van der Waals surface area contributed by atoms with E-state index in [0.29, 0.717) is 19.4 Å². The van der Waals surface area contributed by atoms with Gasteiger partial charge in [-0.15, -0.1) is 12.4 Å². The number of carbonyl (C=O) groups excluding carboxylic acids is 1. The second-order valence-corrected chi connectivity index (χ2v) is 7.69. The smallest absolute Gasteiger partial charge is 0.303 e.